The van der Waals surface area contributed by atoms with Crippen LogP contribution in [-0.2, 0) is 22.1 Å². The summed E-state index contributed by atoms with van der Waals surface area (Å²) in [5, 5.41) is 9.90. The van der Waals surface area contributed by atoms with Crippen molar-refractivity contribution in [1.82, 2.24) is 34.8 Å². The van der Waals surface area contributed by atoms with Crippen LogP contribution in [0.1, 0.15) is 69.5 Å². The number of carbonyl (C=O) groups is 2. The molecule has 2 amide bonds. The Balaban J connectivity index is 1.43. The van der Waals surface area contributed by atoms with Gasteiger partial charge in [-0.05, 0) is 66.1 Å². The number of aliphatic imine (C=N–C) groups is 1. The first-order valence-corrected chi connectivity index (χ1v) is 16.6. The molecule has 4 aromatic rings. The van der Waals surface area contributed by atoms with Crippen LogP contribution in [0.25, 0.3) is 16.9 Å². The lowest BCUT2D eigenvalue weighted by Crippen LogP contribution is -2.50. The Morgan fingerprint density at radius 1 is 1.11 bits per heavy atom. The first-order chi connectivity index (χ1) is 24.7. The Bertz CT molecular complexity index is 2090. The van der Waals surface area contributed by atoms with E-state index in [0.29, 0.717) is 5.69 Å². The van der Waals surface area contributed by atoms with E-state index in [4.69, 9.17) is 22.1 Å². The molecule has 1 aliphatic carbocycles. The molecule has 0 bridgehead atoms. The van der Waals surface area contributed by atoms with Crippen LogP contribution < -0.4 is 11.1 Å². The number of alkyl halides is 5. The number of hydrogen-bond donors (Lipinski definition) is 2. The van der Waals surface area contributed by atoms with Crippen LogP contribution in [0.4, 0.5) is 31.1 Å². The summed E-state index contributed by atoms with van der Waals surface area (Å²) in [4.78, 5) is 36.9. The molecular formula is C34H34ClF6N9O3. The largest absolute Gasteiger partial charge is 0.447 e. The van der Waals surface area contributed by atoms with Crippen molar-refractivity contribution in [2.24, 2.45) is 23.2 Å². The number of ether oxygens (including phenoxy) is 1. The summed E-state index contributed by atoms with van der Waals surface area (Å²) in [7, 11) is 1.68. The Kier molecular flexibility index (Phi) is 9.49. The molecule has 19 heteroatoms. The second-order valence-corrected chi connectivity index (χ2v) is 14.6. The quantitative estimate of drug-likeness (QED) is 0.170. The highest BCUT2D eigenvalue weighted by atomic mass is 35.5. The van der Waals surface area contributed by atoms with E-state index in [9.17, 15) is 31.5 Å². The molecular weight excluding hydrogens is 732 g/mol. The predicted octanol–water partition coefficient (Wildman–Crippen LogP) is 6.75. The van der Waals surface area contributed by atoms with Gasteiger partial charge < -0.3 is 15.8 Å². The Hall–Kier alpha value is -5.13. The number of guanidine groups is 1. The maximum atomic E-state index is 15.8. The highest BCUT2D eigenvalue weighted by Gasteiger charge is 2.64. The van der Waals surface area contributed by atoms with Gasteiger partial charge in [0.05, 0.1) is 22.4 Å². The number of aromatic nitrogens is 5. The van der Waals surface area contributed by atoms with E-state index in [0.717, 1.165) is 22.0 Å². The summed E-state index contributed by atoms with van der Waals surface area (Å²) in [5.74, 6) is -2.61. The summed E-state index contributed by atoms with van der Waals surface area (Å²) in [6.07, 6.45) is -7.40. The molecule has 6 rings (SSSR count). The summed E-state index contributed by atoms with van der Waals surface area (Å²) < 4.78 is 92.0. The van der Waals surface area contributed by atoms with Gasteiger partial charge in [0, 0.05) is 18.8 Å². The van der Waals surface area contributed by atoms with Gasteiger partial charge in [-0.3, -0.25) is 14.4 Å². The second kappa shape index (κ2) is 13.4. The van der Waals surface area contributed by atoms with Crippen LogP contribution in [0.2, 0.25) is 5.02 Å². The minimum atomic E-state index is -4.74. The lowest BCUT2D eigenvalue weighted by molar-refractivity contribution is -0.164. The van der Waals surface area contributed by atoms with Crippen LogP contribution >= 0.6 is 11.6 Å². The molecule has 3 N–H and O–H groups in total. The van der Waals surface area contributed by atoms with Crippen molar-refractivity contribution >= 4 is 29.6 Å². The van der Waals surface area contributed by atoms with Crippen molar-refractivity contribution in [3.05, 3.63) is 82.8 Å². The van der Waals surface area contributed by atoms with E-state index < -0.39 is 65.4 Å². The maximum absolute atomic E-state index is 15.8. The molecule has 282 valence electrons. The van der Waals surface area contributed by atoms with Gasteiger partial charge in [-0.25, -0.2) is 32.6 Å². The molecule has 2 aliphatic rings. The van der Waals surface area contributed by atoms with Crippen molar-refractivity contribution in [3.8, 4) is 16.9 Å². The molecule has 1 unspecified atom stereocenters. The number of nitrogens with one attached hydrogen (secondary N) is 1. The molecule has 3 heterocycles. The second-order valence-electron chi connectivity index (χ2n) is 14.2. The van der Waals surface area contributed by atoms with Gasteiger partial charge in [0.25, 0.3) is 12.3 Å². The minimum absolute atomic E-state index is 0.00312. The fourth-order valence-corrected chi connectivity index (χ4v) is 6.61. The number of amides is 2. The van der Waals surface area contributed by atoms with Crippen LogP contribution in [0, 0.1) is 11.2 Å². The van der Waals surface area contributed by atoms with Gasteiger partial charge in [-0.15, -0.1) is 0 Å². The number of aryl methyl sites for hydroxylation is 1. The van der Waals surface area contributed by atoms with Crippen LogP contribution in [-0.4, -0.2) is 65.7 Å². The molecule has 2 atom stereocenters. The molecule has 0 radical (unpaired) electrons. The monoisotopic (exact) mass is 765 g/mol. The van der Waals surface area contributed by atoms with E-state index in [2.05, 4.69) is 20.2 Å². The molecule has 0 spiro atoms. The first kappa shape index (κ1) is 37.6. The van der Waals surface area contributed by atoms with Crippen molar-refractivity contribution in [1.29, 1.82) is 0 Å². The number of hydrogen-bond acceptors (Lipinski definition) is 8. The van der Waals surface area contributed by atoms with Gasteiger partial charge in [0.1, 0.15) is 24.3 Å². The third-order valence-corrected chi connectivity index (χ3v) is 9.34. The highest BCUT2D eigenvalue weighted by molar-refractivity contribution is 6.32. The fraction of sp³-hybridized carbons (Fsp3) is 0.412. The molecule has 1 saturated carbocycles. The third-order valence-electron chi connectivity index (χ3n) is 9.02. The van der Waals surface area contributed by atoms with E-state index in [1.807, 2.05) is 26.1 Å². The van der Waals surface area contributed by atoms with Crippen molar-refractivity contribution in [2.45, 2.75) is 69.8 Å². The van der Waals surface area contributed by atoms with E-state index in [1.165, 1.54) is 35.0 Å². The van der Waals surface area contributed by atoms with Gasteiger partial charge >= 0.3 is 12.3 Å². The number of carbonyl (C=O) groups excluding carboxylic acids is 2. The molecule has 2 aromatic heterocycles. The summed E-state index contributed by atoms with van der Waals surface area (Å²) in [5.41, 5.74) is 2.23. The highest BCUT2D eigenvalue weighted by Crippen LogP contribution is 2.49. The fourth-order valence-electron chi connectivity index (χ4n) is 6.41. The first-order valence-electron chi connectivity index (χ1n) is 16.2. The van der Waals surface area contributed by atoms with E-state index >= 15 is 4.39 Å². The summed E-state index contributed by atoms with van der Waals surface area (Å²) >= 11 is 6.40. The van der Waals surface area contributed by atoms with E-state index in [-0.39, 0.29) is 52.6 Å². The summed E-state index contributed by atoms with van der Waals surface area (Å²) in [6, 6.07) is 8.33. The van der Waals surface area contributed by atoms with Crippen LogP contribution in [0.3, 0.4) is 0 Å². The van der Waals surface area contributed by atoms with Gasteiger partial charge in [0.2, 0.25) is 0 Å². The van der Waals surface area contributed by atoms with Gasteiger partial charge in [-0.2, -0.15) is 23.4 Å². The average Bonchev–Trinajstić information content (AvgIpc) is 3.37. The normalized spacial score (nSPS) is 19.1. The Morgan fingerprint density at radius 3 is 2.42 bits per heavy atom. The molecule has 12 nitrogen and oxygen atoms in total. The average molecular weight is 766 g/mol. The number of halogens is 7. The zero-order chi connectivity index (χ0) is 38.7. The standard InChI is InChI=1S/C34H34ClF6N9O3/c1-31(2,3)16-33(19-6-7-20(22(36)14-19)23-9-12-48(4)47-23)28(51)49(29(42)45-33)25(15-53-30(52)46-32(10-11-32)34(39,40)41)18-5-8-21(35)24(13-18)50-27(26(37)38)43-17-44-50/h5-9,12-14,17,25-26H,10-11,15-16H2,1-4H3,(H2,42,45)(H,46,52)/t25?,33-/m1/s1. The maximum Gasteiger partial charge on any atom is 0.411 e. The van der Waals surface area contributed by atoms with Crippen LogP contribution in [0.5, 0.6) is 0 Å². The third kappa shape index (κ3) is 7.15. The van der Waals surface area contributed by atoms with Crippen LogP contribution in [0.15, 0.2) is 60.0 Å². The SMILES string of the molecule is Cn1ccc(-c2ccc([C@@]3(CC(C)(C)C)N=C(N)N(C(COC(=O)NC4(C(F)(F)F)CC4)c4ccc(Cl)c(-n5ncnc5C(F)F)c4)C3=O)cc2F)n1. The Morgan fingerprint density at radius 2 is 1.83 bits per heavy atom. The zero-order valence-corrected chi connectivity index (χ0v) is 29.5. The number of nitrogens with zero attached hydrogens (tertiary/aromatic N) is 7. The smallest absolute Gasteiger partial charge is 0.411 e. The molecule has 53 heavy (non-hydrogen) atoms. The number of benzene rings is 2. The topological polar surface area (TPSA) is 146 Å². The number of rotatable bonds is 10. The zero-order valence-electron chi connectivity index (χ0n) is 28.8. The predicted molar refractivity (Wildman–Crippen MR) is 179 cm³/mol. The van der Waals surface area contributed by atoms with Crippen molar-refractivity contribution < 1.29 is 40.7 Å². The summed E-state index contributed by atoms with van der Waals surface area (Å²) in [6.45, 7) is 4.72. The molecule has 1 aliphatic heterocycles. The van der Waals surface area contributed by atoms with Crippen molar-refractivity contribution in [2.75, 3.05) is 6.61 Å². The lowest BCUT2D eigenvalue weighted by atomic mass is 9.75. The van der Waals surface area contributed by atoms with E-state index in [1.54, 1.807) is 19.3 Å². The van der Waals surface area contributed by atoms with Gasteiger partial charge in [-0.1, -0.05) is 44.5 Å². The van der Waals surface area contributed by atoms with Crippen molar-refractivity contribution in [3.63, 3.8) is 0 Å². The number of alkyl carbamates (subject to hydrolysis) is 1. The molecule has 2 aromatic carbocycles. The molecule has 0 saturated heterocycles. The number of nitrogens with two attached hydrogens (primary N) is 1. The van der Waals surface area contributed by atoms with Gasteiger partial charge in [0.15, 0.2) is 17.3 Å². The minimum Gasteiger partial charge on any atom is -0.447 e. The lowest BCUT2D eigenvalue weighted by Gasteiger charge is -2.35. The molecule has 1 fully saturated rings. The Labute approximate surface area is 304 Å².